The molecule has 7 aliphatic heterocycles. The molecule has 9 aliphatic rings. The van der Waals surface area contributed by atoms with Gasteiger partial charge in [0.15, 0.2) is 0 Å². The summed E-state index contributed by atoms with van der Waals surface area (Å²) in [6, 6.07) is 11.7. The Hall–Kier alpha value is -5.53. The number of hydrogen-bond acceptors (Lipinski definition) is 12. The fraction of sp³-hybridized carbons (Fsp3) is 0.646. The monoisotopic (exact) mass is 1140 g/mol. The van der Waals surface area contributed by atoms with Crippen molar-refractivity contribution < 1.29 is 37.4 Å². The van der Waals surface area contributed by atoms with E-state index < -0.39 is 41.8 Å². The summed E-state index contributed by atoms with van der Waals surface area (Å²) in [5, 5.41) is 9.12. The molecule has 6 bridgehead atoms. The zero-order chi connectivity index (χ0) is 57.5. The number of anilines is 1. The summed E-state index contributed by atoms with van der Waals surface area (Å²) in [5.74, 6) is -0.237. The first-order valence-corrected chi connectivity index (χ1v) is 31.5. The maximum absolute atomic E-state index is 15.4. The second-order valence-corrected chi connectivity index (χ2v) is 27.1. The molecular weight excluding hydrogens is 1050 g/mol. The van der Waals surface area contributed by atoms with E-state index in [0.29, 0.717) is 74.6 Å². The summed E-state index contributed by atoms with van der Waals surface area (Å²) in [6.45, 7) is 16.2. The van der Waals surface area contributed by atoms with E-state index in [1.165, 1.54) is 36.8 Å². The first-order valence-electron chi connectivity index (χ1n) is 31.5. The summed E-state index contributed by atoms with van der Waals surface area (Å²) in [6.07, 6.45) is 10.6. The molecule has 3 amide bonds. The van der Waals surface area contributed by atoms with Crippen LogP contribution in [0.15, 0.2) is 48.7 Å². The second kappa shape index (κ2) is 22.7. The molecule has 83 heavy (non-hydrogen) atoms. The average molecular weight is 1140 g/mol. The van der Waals surface area contributed by atoms with Crippen LogP contribution < -0.4 is 21.0 Å². The molecule has 8 fully saturated rings. The van der Waals surface area contributed by atoms with Gasteiger partial charge in [-0.3, -0.25) is 44.3 Å². The molecule has 2 aromatic heterocycles. The number of hydrogen-bond donors (Lipinski definition) is 3. The topological polar surface area (TPSA) is 167 Å². The van der Waals surface area contributed by atoms with Crippen molar-refractivity contribution >= 4 is 40.3 Å². The molecular formula is C65H86F2N10O6. The van der Waals surface area contributed by atoms with E-state index >= 15 is 18.4 Å². The number of alkyl halides is 2. The normalized spacial score (nSPS) is 28.7. The van der Waals surface area contributed by atoms with Gasteiger partial charge in [-0.1, -0.05) is 44.9 Å². The van der Waals surface area contributed by atoms with Gasteiger partial charge in [-0.15, -0.1) is 0 Å². The number of halogens is 2. The van der Waals surface area contributed by atoms with Crippen molar-refractivity contribution in [3.8, 4) is 22.4 Å². The lowest BCUT2D eigenvalue weighted by atomic mass is 9.84. The third kappa shape index (κ3) is 11.2. The van der Waals surface area contributed by atoms with Gasteiger partial charge in [-0.25, -0.2) is 14.2 Å². The number of nitrogens with one attached hydrogen (secondary N) is 3. The van der Waals surface area contributed by atoms with Crippen molar-refractivity contribution in [2.75, 3.05) is 77.5 Å². The number of carbonyl (C=O) groups excluding carboxylic acids is 4. The highest BCUT2D eigenvalue weighted by Gasteiger charge is 2.55. The number of amides is 3. The number of esters is 1. The minimum atomic E-state index is -2.81. The Morgan fingerprint density at radius 1 is 0.904 bits per heavy atom. The summed E-state index contributed by atoms with van der Waals surface area (Å²) in [7, 11) is 1.71. The van der Waals surface area contributed by atoms with E-state index in [0.717, 1.165) is 116 Å². The number of nitrogens with zero attached hydrogens (tertiary/aromatic N) is 7. The first kappa shape index (κ1) is 56.6. The van der Waals surface area contributed by atoms with Crippen LogP contribution in [-0.2, 0) is 48.0 Å². The number of fused-ring (bicyclic) bond motifs is 7. The quantitative estimate of drug-likeness (QED) is 0.0921. The van der Waals surface area contributed by atoms with Crippen LogP contribution in [0.3, 0.4) is 0 Å². The van der Waals surface area contributed by atoms with Crippen LogP contribution in [0.1, 0.15) is 140 Å². The summed E-state index contributed by atoms with van der Waals surface area (Å²) >= 11 is 0. The average Bonchev–Trinajstić information content (AvgIpc) is 4.28. The number of aryl methyl sites for hydroxylation is 1. The van der Waals surface area contributed by atoms with Gasteiger partial charge < -0.3 is 29.2 Å². The third-order valence-corrected chi connectivity index (χ3v) is 20.7. The minimum Gasteiger partial charge on any atom is -0.464 e. The smallest absolute Gasteiger partial charge is 0.324 e. The van der Waals surface area contributed by atoms with E-state index in [2.05, 4.69) is 79.2 Å². The standard InChI is InChI=1S/C65H86F2N10O6/c1-6-76-53-18-17-43-31-48(53)50(58(76)49-32-47(34-68-54(49)39(2)82-5)73-26-25-72-21-9-13-46(72)35-73)33-64(3,4)38-83-63(81)51-14-10-22-77(71-51)61(79)52(29-40-27-44(43)30-45(28-40)59(66)67)69-60(78)57(42-11-7-8-12-42)74-23-19-65(36-74)20-24-75(37-65)62(80)56-55(70-56)41-15-16-41/h17-18,27-28,30-32,34,39,41-42,46,51-52,55-57,59,70-71H,6-16,19-26,29,33,35-38H2,1-5H3,(H,69,78)/t39-,46+,51-,52-,55?,56+,57?,65-/m0/s1. The molecule has 446 valence electrons. The number of ether oxygens (including phenoxy) is 2. The Bertz CT molecular complexity index is 3140. The predicted octanol–water partition coefficient (Wildman–Crippen LogP) is 8.20. The van der Waals surface area contributed by atoms with Gasteiger partial charge in [0.05, 0.1) is 42.0 Å². The van der Waals surface area contributed by atoms with Crippen LogP contribution in [0.2, 0.25) is 0 Å². The van der Waals surface area contributed by atoms with Crippen LogP contribution in [0.4, 0.5) is 14.5 Å². The summed E-state index contributed by atoms with van der Waals surface area (Å²) in [4.78, 5) is 73.3. The van der Waals surface area contributed by atoms with Crippen molar-refractivity contribution in [2.45, 2.75) is 173 Å². The molecule has 3 N–H and O–H groups in total. The van der Waals surface area contributed by atoms with Gasteiger partial charge in [-0.05, 0) is 156 Å². The number of rotatable bonds is 12. The van der Waals surface area contributed by atoms with Crippen molar-refractivity contribution in [1.82, 2.24) is 45.3 Å². The Labute approximate surface area is 487 Å². The van der Waals surface area contributed by atoms with Crippen LogP contribution in [0.25, 0.3) is 33.3 Å². The number of aromatic nitrogens is 2. The van der Waals surface area contributed by atoms with Gasteiger partial charge >= 0.3 is 5.97 Å². The molecule has 2 unspecified atom stereocenters. The number of piperazine rings is 1. The van der Waals surface area contributed by atoms with Gasteiger partial charge in [0.1, 0.15) is 18.1 Å². The van der Waals surface area contributed by atoms with Crippen molar-refractivity contribution in [3.63, 3.8) is 0 Å². The molecule has 1 spiro atoms. The maximum atomic E-state index is 15.4. The molecule has 4 aromatic rings. The van der Waals surface area contributed by atoms with Crippen molar-refractivity contribution in [3.05, 3.63) is 71.0 Å². The lowest BCUT2D eigenvalue weighted by Gasteiger charge is -2.39. The molecule has 2 aromatic carbocycles. The Kier molecular flexibility index (Phi) is 15.5. The van der Waals surface area contributed by atoms with E-state index in [4.69, 9.17) is 14.5 Å². The van der Waals surface area contributed by atoms with E-state index in [-0.39, 0.29) is 60.4 Å². The first-order chi connectivity index (χ1) is 40.1. The van der Waals surface area contributed by atoms with E-state index in [1.807, 2.05) is 25.3 Å². The Morgan fingerprint density at radius 3 is 2.49 bits per heavy atom. The highest BCUT2D eigenvalue weighted by Crippen LogP contribution is 2.47. The Morgan fingerprint density at radius 2 is 1.71 bits per heavy atom. The number of carbonyl (C=O) groups is 4. The van der Waals surface area contributed by atoms with Gasteiger partial charge in [0.2, 0.25) is 11.8 Å². The lowest BCUT2D eigenvalue weighted by molar-refractivity contribution is -0.155. The van der Waals surface area contributed by atoms with E-state index in [1.54, 1.807) is 13.2 Å². The highest BCUT2D eigenvalue weighted by molar-refractivity contribution is 5.96. The molecule has 6 saturated heterocycles. The Balaban J connectivity index is 0.866. The largest absolute Gasteiger partial charge is 0.464 e. The second-order valence-electron chi connectivity index (χ2n) is 27.1. The number of pyridine rings is 1. The molecule has 0 radical (unpaired) electrons. The number of cyclic esters (lactones) is 1. The zero-order valence-corrected chi connectivity index (χ0v) is 49.4. The maximum Gasteiger partial charge on any atom is 0.324 e. The van der Waals surface area contributed by atoms with Crippen molar-refractivity contribution in [1.29, 1.82) is 0 Å². The van der Waals surface area contributed by atoms with Gasteiger partial charge in [0, 0.05) is 111 Å². The number of likely N-dealkylation sites (tertiary alicyclic amines) is 2. The van der Waals surface area contributed by atoms with Crippen molar-refractivity contribution in [2.24, 2.45) is 22.7 Å². The molecule has 2 saturated carbocycles. The number of hydrazine groups is 1. The molecule has 13 rings (SSSR count). The number of methoxy groups -OCH3 is 1. The van der Waals surface area contributed by atoms with E-state index in [9.17, 15) is 9.59 Å². The van der Waals surface area contributed by atoms with Gasteiger partial charge in [0.25, 0.3) is 12.3 Å². The van der Waals surface area contributed by atoms with Gasteiger partial charge in [-0.2, -0.15) is 0 Å². The predicted molar refractivity (Wildman–Crippen MR) is 314 cm³/mol. The van der Waals surface area contributed by atoms with Crippen LogP contribution in [-0.4, -0.2) is 162 Å². The van der Waals surface area contributed by atoms with Crippen LogP contribution >= 0.6 is 0 Å². The zero-order valence-electron chi connectivity index (χ0n) is 49.4. The third-order valence-electron chi connectivity index (χ3n) is 20.7. The van der Waals surface area contributed by atoms with Crippen LogP contribution in [0.5, 0.6) is 0 Å². The fourth-order valence-electron chi connectivity index (χ4n) is 16.0. The molecule has 8 atom stereocenters. The minimum absolute atomic E-state index is 0.0570. The highest BCUT2D eigenvalue weighted by atomic mass is 19.3. The molecule has 16 nitrogen and oxygen atoms in total. The molecule has 18 heteroatoms. The number of benzene rings is 2. The molecule has 2 aliphatic carbocycles. The molecule has 9 heterocycles. The van der Waals surface area contributed by atoms with Crippen LogP contribution in [0, 0.1) is 22.7 Å². The lowest BCUT2D eigenvalue weighted by Crippen LogP contribution is -2.62. The SMILES string of the molecule is CCn1c(-c2cc(N3CCN4CCC[C@@H]4C3)cnc2[C@H](C)OC)c2c3cc(ccc31)-c1cc(cc(C(F)F)c1)C[C@H](NC(=O)C(C1CCCC1)N1CC[C@]3(CCN(C(=O)[C@@H]4NC4C4CC4)C3)C1)C(=O)N1CCC[C@H](N1)C(=O)OCC(C)(C)C2. The summed E-state index contributed by atoms with van der Waals surface area (Å²) in [5.41, 5.74) is 9.98. The summed E-state index contributed by atoms with van der Waals surface area (Å²) < 4.78 is 45.5. The fourth-order valence-corrected chi connectivity index (χ4v) is 16.0.